The molecule has 0 aliphatic heterocycles. The Labute approximate surface area is 160 Å². The van der Waals surface area contributed by atoms with Gasteiger partial charge < -0.3 is 4.74 Å². The van der Waals surface area contributed by atoms with E-state index in [2.05, 4.69) is 33.8 Å². The van der Waals surface area contributed by atoms with E-state index in [0.29, 0.717) is 10.8 Å². The monoisotopic (exact) mass is 358 g/mol. The largest absolute Gasteiger partial charge is 0.462 e. The third-order valence-electron chi connectivity index (χ3n) is 9.27. The Bertz CT molecular complexity index is 605. The maximum absolute atomic E-state index is 11.4. The average molecular weight is 359 g/mol. The predicted molar refractivity (Wildman–Crippen MR) is 106 cm³/mol. The second-order valence-corrected chi connectivity index (χ2v) is 10.7. The van der Waals surface area contributed by atoms with Crippen LogP contribution in [0.4, 0.5) is 0 Å². The number of esters is 1. The van der Waals surface area contributed by atoms with E-state index in [4.69, 9.17) is 4.74 Å². The lowest BCUT2D eigenvalue weighted by Crippen LogP contribution is -2.51. The van der Waals surface area contributed by atoms with E-state index in [9.17, 15) is 4.79 Å². The third kappa shape index (κ3) is 2.69. The summed E-state index contributed by atoms with van der Waals surface area (Å²) in [4.78, 5) is 11.4. The Morgan fingerprint density at radius 2 is 1.88 bits per heavy atom. The number of carbonyl (C=O) groups excluding carboxylic acids is 1. The van der Waals surface area contributed by atoms with Crippen LogP contribution >= 0.6 is 0 Å². The molecule has 0 radical (unpaired) electrons. The molecule has 3 saturated carbocycles. The van der Waals surface area contributed by atoms with Crippen LogP contribution in [0.2, 0.25) is 0 Å². The average Bonchev–Trinajstić information content (AvgIpc) is 2.92. The van der Waals surface area contributed by atoms with Gasteiger partial charge in [0.15, 0.2) is 0 Å². The topological polar surface area (TPSA) is 26.3 Å². The van der Waals surface area contributed by atoms with Gasteiger partial charge in [-0.25, -0.2) is 0 Å². The fourth-order valence-electron chi connectivity index (χ4n) is 8.10. The molecule has 0 aromatic heterocycles. The standard InChI is InChI=1S/C24H38O2/c1-15(2)20-8-9-21-19-7-6-17-14-18(26-16(3)25)10-12-23(17,4)22(19)11-13-24(20,21)5/h6,15,18-22H,7-14H2,1-5H3/t18-,19-,20+,21-,22-,23-,24+/m0/s1. The van der Waals surface area contributed by atoms with E-state index in [0.717, 1.165) is 42.4 Å². The van der Waals surface area contributed by atoms with Crippen molar-refractivity contribution in [3.05, 3.63) is 11.6 Å². The first-order chi connectivity index (χ1) is 12.3. The maximum atomic E-state index is 11.4. The molecule has 0 bridgehead atoms. The number of carbonyl (C=O) groups is 1. The number of allylic oxidation sites excluding steroid dienone is 1. The summed E-state index contributed by atoms with van der Waals surface area (Å²) in [6, 6.07) is 0. The van der Waals surface area contributed by atoms with Gasteiger partial charge in [-0.1, -0.05) is 39.3 Å². The molecule has 2 nitrogen and oxygen atoms in total. The zero-order valence-electron chi connectivity index (χ0n) is 17.5. The first-order valence-corrected chi connectivity index (χ1v) is 11.1. The highest BCUT2D eigenvalue weighted by atomic mass is 16.5. The van der Waals surface area contributed by atoms with Crippen molar-refractivity contribution in [3.8, 4) is 0 Å². The molecular formula is C24H38O2. The lowest BCUT2D eigenvalue weighted by atomic mass is 9.47. The molecule has 2 heteroatoms. The molecule has 26 heavy (non-hydrogen) atoms. The summed E-state index contributed by atoms with van der Waals surface area (Å²) >= 11 is 0. The van der Waals surface area contributed by atoms with E-state index in [1.807, 2.05) is 0 Å². The quantitative estimate of drug-likeness (QED) is 0.437. The zero-order chi connectivity index (χ0) is 18.7. The van der Waals surface area contributed by atoms with Gasteiger partial charge in [-0.2, -0.15) is 0 Å². The van der Waals surface area contributed by atoms with Crippen LogP contribution in [0.25, 0.3) is 0 Å². The zero-order valence-corrected chi connectivity index (χ0v) is 17.5. The summed E-state index contributed by atoms with van der Waals surface area (Å²) in [5.74, 6) is 4.29. The van der Waals surface area contributed by atoms with Crippen molar-refractivity contribution in [1.29, 1.82) is 0 Å². The van der Waals surface area contributed by atoms with Crippen LogP contribution in [0.15, 0.2) is 11.6 Å². The molecule has 4 aliphatic rings. The van der Waals surface area contributed by atoms with Crippen LogP contribution in [0.3, 0.4) is 0 Å². The summed E-state index contributed by atoms with van der Waals surface area (Å²) in [5, 5.41) is 0. The minimum atomic E-state index is -0.119. The Kier molecular flexibility index (Phi) is 4.56. The maximum Gasteiger partial charge on any atom is 0.302 e. The molecule has 7 atom stereocenters. The van der Waals surface area contributed by atoms with Crippen LogP contribution in [0.1, 0.15) is 86.0 Å². The lowest BCUT2D eigenvalue weighted by Gasteiger charge is -2.58. The molecule has 0 spiro atoms. The van der Waals surface area contributed by atoms with Gasteiger partial charge in [0.1, 0.15) is 6.10 Å². The van der Waals surface area contributed by atoms with E-state index < -0.39 is 0 Å². The molecule has 146 valence electrons. The smallest absolute Gasteiger partial charge is 0.302 e. The molecule has 0 saturated heterocycles. The first-order valence-electron chi connectivity index (χ1n) is 11.1. The lowest BCUT2D eigenvalue weighted by molar-refractivity contribution is -0.148. The minimum Gasteiger partial charge on any atom is -0.462 e. The molecular weight excluding hydrogens is 320 g/mol. The summed E-state index contributed by atoms with van der Waals surface area (Å²) in [7, 11) is 0. The highest BCUT2D eigenvalue weighted by molar-refractivity contribution is 5.66. The molecule has 0 N–H and O–H groups in total. The van der Waals surface area contributed by atoms with Crippen molar-refractivity contribution in [3.63, 3.8) is 0 Å². The van der Waals surface area contributed by atoms with Gasteiger partial charge >= 0.3 is 5.97 Å². The first kappa shape index (κ1) is 18.6. The summed E-state index contributed by atoms with van der Waals surface area (Å²) in [6.45, 7) is 11.6. The van der Waals surface area contributed by atoms with Crippen LogP contribution in [-0.2, 0) is 9.53 Å². The number of ether oxygens (including phenoxy) is 1. The van der Waals surface area contributed by atoms with Crippen LogP contribution in [0.5, 0.6) is 0 Å². The highest BCUT2D eigenvalue weighted by Gasteiger charge is 2.58. The van der Waals surface area contributed by atoms with Crippen molar-refractivity contribution >= 4 is 5.97 Å². The van der Waals surface area contributed by atoms with Gasteiger partial charge in [0.2, 0.25) is 0 Å². The Morgan fingerprint density at radius 3 is 2.58 bits per heavy atom. The van der Waals surface area contributed by atoms with E-state index in [1.165, 1.54) is 38.5 Å². The number of hydrogen-bond acceptors (Lipinski definition) is 2. The van der Waals surface area contributed by atoms with Crippen molar-refractivity contribution in [2.45, 2.75) is 92.1 Å². The van der Waals surface area contributed by atoms with Crippen LogP contribution in [0, 0.1) is 40.4 Å². The number of fused-ring (bicyclic) bond motifs is 5. The predicted octanol–water partition coefficient (Wildman–Crippen LogP) is 6.15. The van der Waals surface area contributed by atoms with Gasteiger partial charge in [-0.3, -0.25) is 4.79 Å². The fourth-order valence-corrected chi connectivity index (χ4v) is 8.10. The van der Waals surface area contributed by atoms with E-state index >= 15 is 0 Å². The molecule has 4 rings (SSSR count). The van der Waals surface area contributed by atoms with E-state index in [1.54, 1.807) is 12.5 Å². The second kappa shape index (κ2) is 6.38. The van der Waals surface area contributed by atoms with Crippen molar-refractivity contribution in [2.24, 2.45) is 40.4 Å². The number of rotatable bonds is 2. The Hall–Kier alpha value is -0.790. The normalized spacial score (nSPS) is 47.6. The third-order valence-corrected chi connectivity index (χ3v) is 9.27. The Balaban J connectivity index is 1.58. The number of hydrogen-bond donors (Lipinski definition) is 0. The van der Waals surface area contributed by atoms with Crippen molar-refractivity contribution in [2.75, 3.05) is 0 Å². The fraction of sp³-hybridized carbons (Fsp3) is 0.875. The minimum absolute atomic E-state index is 0.119. The molecule has 0 amide bonds. The van der Waals surface area contributed by atoms with Crippen LogP contribution < -0.4 is 0 Å². The Morgan fingerprint density at radius 1 is 1.12 bits per heavy atom. The molecule has 3 fully saturated rings. The molecule has 0 aromatic rings. The molecule has 0 unspecified atom stereocenters. The van der Waals surface area contributed by atoms with Crippen molar-refractivity contribution in [1.82, 2.24) is 0 Å². The van der Waals surface area contributed by atoms with Gasteiger partial charge in [0.05, 0.1) is 0 Å². The summed E-state index contributed by atoms with van der Waals surface area (Å²) in [5.41, 5.74) is 2.54. The van der Waals surface area contributed by atoms with Gasteiger partial charge in [0, 0.05) is 13.3 Å². The van der Waals surface area contributed by atoms with Gasteiger partial charge in [-0.15, -0.1) is 0 Å². The van der Waals surface area contributed by atoms with Gasteiger partial charge in [0.25, 0.3) is 0 Å². The van der Waals surface area contributed by atoms with Crippen LogP contribution in [-0.4, -0.2) is 12.1 Å². The summed E-state index contributed by atoms with van der Waals surface area (Å²) in [6.07, 6.45) is 12.9. The van der Waals surface area contributed by atoms with E-state index in [-0.39, 0.29) is 12.1 Å². The molecule has 4 aliphatic carbocycles. The van der Waals surface area contributed by atoms with Gasteiger partial charge in [-0.05, 0) is 85.4 Å². The van der Waals surface area contributed by atoms with Crippen molar-refractivity contribution < 1.29 is 9.53 Å². The molecule has 0 heterocycles. The molecule has 0 aromatic carbocycles. The summed E-state index contributed by atoms with van der Waals surface area (Å²) < 4.78 is 5.57. The highest BCUT2D eigenvalue weighted by Crippen LogP contribution is 2.67. The SMILES string of the molecule is CC(=O)O[C@H]1CC[C@@]2(C)C(=CC[C@H]3[C@@H]4CC[C@H](C(C)C)[C@@]4(C)CC[C@@H]32)C1. The second-order valence-electron chi connectivity index (χ2n) is 10.7.